The van der Waals surface area contributed by atoms with Crippen LogP contribution in [0.2, 0.25) is 0 Å². The van der Waals surface area contributed by atoms with Crippen molar-refractivity contribution in [3.8, 4) is 0 Å². The standard InChI is InChI=1S/C12H32Cl2N7P3/c1-9(2)15-23(16-10(3)4)19-22(13,14)20-24(21-23,17-11(5)6)18-12(7)8/h9-12,15-18H,1-8H3. The van der Waals surface area contributed by atoms with Crippen LogP contribution in [0.3, 0.4) is 0 Å². The second-order valence-electron chi connectivity index (χ2n) is 7.06. The van der Waals surface area contributed by atoms with Gasteiger partial charge in [-0.15, -0.1) is 0 Å². The molecule has 1 rings (SSSR count). The SMILES string of the molecule is CC(C)NP1(NC(C)C)=NP(Cl)(Cl)=NP(NC(C)C)(NC(C)C)=N1. The Bertz CT molecular complexity index is 544. The molecule has 0 unspecified atom stereocenters. The highest BCUT2D eigenvalue weighted by Crippen LogP contribution is 2.78. The molecule has 12 heteroatoms. The average Bonchev–Trinajstić information content (AvgIpc) is 2.18. The van der Waals surface area contributed by atoms with Crippen molar-refractivity contribution in [2.75, 3.05) is 0 Å². The van der Waals surface area contributed by atoms with E-state index >= 15 is 0 Å². The summed E-state index contributed by atoms with van der Waals surface area (Å²) in [4.78, 5) is 0. The lowest BCUT2D eigenvalue weighted by Crippen LogP contribution is -2.34. The number of nitrogens with one attached hydrogen (secondary N) is 4. The molecule has 0 radical (unpaired) electrons. The lowest BCUT2D eigenvalue weighted by Gasteiger charge is -2.36. The van der Waals surface area contributed by atoms with Gasteiger partial charge in [0, 0.05) is 24.2 Å². The number of nitrogens with zero attached hydrogens (tertiary/aromatic N) is 3. The van der Waals surface area contributed by atoms with Crippen LogP contribution in [0.15, 0.2) is 13.5 Å². The molecule has 0 atom stereocenters. The minimum absolute atomic E-state index is 0.184. The molecule has 1 heterocycles. The van der Waals surface area contributed by atoms with Crippen molar-refractivity contribution in [1.82, 2.24) is 20.3 Å². The van der Waals surface area contributed by atoms with E-state index in [1.807, 2.05) is 0 Å². The molecule has 0 amide bonds. The zero-order valence-electron chi connectivity index (χ0n) is 15.7. The number of rotatable bonds is 8. The van der Waals surface area contributed by atoms with Gasteiger partial charge in [0.15, 0.2) is 0 Å². The van der Waals surface area contributed by atoms with E-state index in [-0.39, 0.29) is 24.2 Å². The largest absolute Gasteiger partial charge is 0.257 e. The summed E-state index contributed by atoms with van der Waals surface area (Å²) in [7, 11) is -4.98. The Balaban J connectivity index is 3.65. The molecule has 7 nitrogen and oxygen atoms in total. The first-order valence-corrected chi connectivity index (χ1v) is 15.1. The predicted molar refractivity (Wildman–Crippen MR) is 113 cm³/mol. The van der Waals surface area contributed by atoms with Crippen LogP contribution in [-0.2, 0) is 0 Å². The molecule has 1 aliphatic heterocycles. The fraction of sp³-hybridized carbons (Fsp3) is 1.00. The van der Waals surface area contributed by atoms with Gasteiger partial charge in [-0.05, 0) is 77.9 Å². The Morgan fingerprint density at radius 1 is 0.542 bits per heavy atom. The van der Waals surface area contributed by atoms with Gasteiger partial charge in [0.1, 0.15) is 0 Å². The Morgan fingerprint density at radius 3 is 1.12 bits per heavy atom. The summed E-state index contributed by atoms with van der Waals surface area (Å²) >= 11 is 13.1. The summed E-state index contributed by atoms with van der Waals surface area (Å²) in [6.45, 7) is 16.5. The van der Waals surface area contributed by atoms with E-state index in [0.717, 1.165) is 0 Å². The van der Waals surface area contributed by atoms with Gasteiger partial charge in [0.25, 0.3) is 5.91 Å². The fourth-order valence-electron chi connectivity index (χ4n) is 2.27. The minimum atomic E-state index is -2.86. The Morgan fingerprint density at radius 2 is 0.833 bits per heavy atom. The highest BCUT2D eigenvalue weighted by atomic mass is 35.9. The van der Waals surface area contributed by atoms with Gasteiger partial charge in [0.2, 0.25) is 15.0 Å². The van der Waals surface area contributed by atoms with Crippen molar-refractivity contribution in [3.63, 3.8) is 0 Å². The summed E-state index contributed by atoms with van der Waals surface area (Å²) in [6.07, 6.45) is 0. The summed E-state index contributed by atoms with van der Waals surface area (Å²) < 4.78 is 14.5. The van der Waals surface area contributed by atoms with E-state index in [1.165, 1.54) is 0 Å². The molecule has 0 aromatic rings. The van der Waals surface area contributed by atoms with Crippen LogP contribution in [0.4, 0.5) is 0 Å². The molecular weight excluding hydrogens is 406 g/mol. The summed E-state index contributed by atoms with van der Waals surface area (Å²) in [5, 5.41) is 14.0. The zero-order chi connectivity index (χ0) is 18.8. The van der Waals surface area contributed by atoms with E-state index in [2.05, 4.69) is 84.8 Å². The first kappa shape index (κ1) is 23.1. The Kier molecular flexibility index (Phi) is 8.55. The Hall–Kier alpha value is 1.11. The van der Waals surface area contributed by atoms with Gasteiger partial charge in [0.05, 0.1) is 0 Å². The van der Waals surface area contributed by atoms with E-state index in [0.29, 0.717) is 0 Å². The predicted octanol–water partition coefficient (Wildman–Crippen LogP) is 6.31. The number of hydrogen-bond donors (Lipinski definition) is 4. The highest BCUT2D eigenvalue weighted by molar-refractivity contribution is 8.13. The lowest BCUT2D eigenvalue weighted by molar-refractivity contribution is 0.695. The van der Waals surface area contributed by atoms with Crippen molar-refractivity contribution in [1.29, 1.82) is 0 Å². The van der Waals surface area contributed by atoms with Gasteiger partial charge in [-0.25, -0.2) is 0 Å². The molecule has 0 saturated heterocycles. The van der Waals surface area contributed by atoms with Crippen LogP contribution in [0, 0.1) is 0 Å². The maximum absolute atomic E-state index is 6.55. The highest BCUT2D eigenvalue weighted by Gasteiger charge is 2.36. The van der Waals surface area contributed by atoms with E-state index in [4.69, 9.17) is 27.0 Å². The molecule has 0 aromatic heterocycles. The molecule has 4 N–H and O–H groups in total. The normalized spacial score (nSPS) is 21.8. The van der Waals surface area contributed by atoms with Crippen LogP contribution < -0.4 is 20.3 Å². The Labute approximate surface area is 157 Å². The second kappa shape index (κ2) is 8.87. The monoisotopic (exact) mass is 437 g/mol. The minimum Gasteiger partial charge on any atom is -0.251 e. The summed E-state index contributed by atoms with van der Waals surface area (Å²) in [5.41, 5.74) is 0. The number of halogens is 2. The third-order valence-electron chi connectivity index (χ3n) is 2.49. The van der Waals surface area contributed by atoms with Crippen molar-refractivity contribution in [2.45, 2.75) is 79.6 Å². The molecule has 0 aromatic carbocycles. The average molecular weight is 438 g/mol. The maximum atomic E-state index is 6.55. The smallest absolute Gasteiger partial charge is 0.251 e. The molecule has 24 heavy (non-hydrogen) atoms. The first-order chi connectivity index (χ1) is 10.8. The topological polar surface area (TPSA) is 85.2 Å². The quantitative estimate of drug-likeness (QED) is 0.335. The van der Waals surface area contributed by atoms with Gasteiger partial charge in [-0.3, -0.25) is 20.3 Å². The molecular formula is C12H32Cl2N7P3. The van der Waals surface area contributed by atoms with Gasteiger partial charge in [-0.1, -0.05) is 0 Å². The second-order valence-corrected chi connectivity index (χ2v) is 16.9. The van der Waals surface area contributed by atoms with Crippen LogP contribution >= 0.6 is 43.4 Å². The lowest BCUT2D eigenvalue weighted by atomic mass is 10.4. The van der Waals surface area contributed by atoms with Crippen molar-refractivity contribution >= 4 is 43.4 Å². The molecule has 144 valence electrons. The van der Waals surface area contributed by atoms with E-state index in [1.54, 1.807) is 0 Å². The molecule has 0 bridgehead atoms. The third-order valence-corrected chi connectivity index (χ3v) is 14.3. The summed E-state index contributed by atoms with van der Waals surface area (Å²) in [6, 6.07) is 0.735. The van der Waals surface area contributed by atoms with Gasteiger partial charge < -0.3 is 0 Å². The van der Waals surface area contributed by atoms with Crippen LogP contribution in [-0.4, -0.2) is 24.2 Å². The molecule has 0 fully saturated rings. The molecule has 1 aliphatic rings. The van der Waals surface area contributed by atoms with Gasteiger partial charge >= 0.3 is 0 Å². The van der Waals surface area contributed by atoms with Crippen LogP contribution in [0.1, 0.15) is 55.4 Å². The fourth-order valence-corrected chi connectivity index (χ4v) is 15.9. The zero-order valence-corrected chi connectivity index (χ0v) is 19.9. The molecule has 0 saturated carbocycles. The number of hydrogen-bond acceptors (Lipinski definition) is 7. The van der Waals surface area contributed by atoms with E-state index < -0.39 is 20.9 Å². The van der Waals surface area contributed by atoms with Crippen molar-refractivity contribution in [2.24, 2.45) is 13.5 Å². The van der Waals surface area contributed by atoms with Crippen molar-refractivity contribution < 1.29 is 0 Å². The van der Waals surface area contributed by atoms with Crippen LogP contribution in [0.25, 0.3) is 0 Å². The molecule has 0 aliphatic carbocycles. The third kappa shape index (κ3) is 7.39. The first-order valence-electron chi connectivity index (χ1n) is 8.21. The van der Waals surface area contributed by atoms with Crippen molar-refractivity contribution in [3.05, 3.63) is 0 Å². The van der Waals surface area contributed by atoms with Gasteiger partial charge in [-0.2, -0.15) is 13.5 Å². The van der Waals surface area contributed by atoms with Crippen LogP contribution in [0.5, 0.6) is 0 Å². The molecule has 0 spiro atoms. The maximum Gasteiger partial charge on any atom is 0.257 e. The van der Waals surface area contributed by atoms with E-state index in [9.17, 15) is 0 Å². The summed E-state index contributed by atoms with van der Waals surface area (Å²) in [5.74, 6) is -2.86.